The zero-order valence-corrected chi connectivity index (χ0v) is 8.60. The highest BCUT2D eigenvalue weighted by molar-refractivity contribution is 5.91. The molecule has 0 bridgehead atoms. The van der Waals surface area contributed by atoms with Crippen molar-refractivity contribution in [3.05, 3.63) is 12.2 Å². The summed E-state index contributed by atoms with van der Waals surface area (Å²) in [4.78, 5) is 11.9. The van der Waals surface area contributed by atoms with Crippen LogP contribution in [0.15, 0.2) is 12.2 Å². The van der Waals surface area contributed by atoms with Gasteiger partial charge in [0.15, 0.2) is 0 Å². The zero-order valence-electron chi connectivity index (χ0n) is 8.60. The van der Waals surface area contributed by atoms with Crippen LogP contribution in [0.1, 0.15) is 39.5 Å². The number of rotatable bonds is 3. The first-order valence-electron chi connectivity index (χ1n) is 5.22. The quantitative estimate of drug-likeness (QED) is 0.607. The van der Waals surface area contributed by atoms with Crippen molar-refractivity contribution in [3.63, 3.8) is 0 Å². The van der Waals surface area contributed by atoms with Crippen molar-refractivity contribution < 1.29 is 4.79 Å². The summed E-state index contributed by atoms with van der Waals surface area (Å²) >= 11 is 0. The number of hydrogen-bond acceptors (Lipinski definition) is 1. The molecule has 2 aliphatic carbocycles. The summed E-state index contributed by atoms with van der Waals surface area (Å²) in [6.07, 6.45) is 4.36. The van der Waals surface area contributed by atoms with Gasteiger partial charge in [-0.3, -0.25) is 4.79 Å². The Morgan fingerprint density at radius 1 is 1.69 bits per heavy atom. The van der Waals surface area contributed by atoms with Gasteiger partial charge >= 0.3 is 0 Å². The number of hydrogen-bond donors (Lipinski definition) is 0. The third-order valence-electron chi connectivity index (χ3n) is 3.67. The number of carbonyl (C=O) groups excluding carboxylic acids is 1. The van der Waals surface area contributed by atoms with Crippen molar-refractivity contribution in [1.82, 2.24) is 0 Å². The highest BCUT2D eigenvalue weighted by Crippen LogP contribution is 2.58. The lowest BCUT2D eigenvalue weighted by Gasteiger charge is -2.24. The summed E-state index contributed by atoms with van der Waals surface area (Å²) in [7, 11) is 0. The molecule has 3 atom stereocenters. The highest BCUT2D eigenvalue weighted by Gasteiger charge is 2.58. The van der Waals surface area contributed by atoms with Crippen LogP contribution in [0.3, 0.4) is 0 Å². The largest absolute Gasteiger partial charge is 0.299 e. The molecule has 0 radical (unpaired) electrons. The van der Waals surface area contributed by atoms with Crippen molar-refractivity contribution in [2.24, 2.45) is 17.3 Å². The number of Topliss-reactive ketones (excluding diaryl/α,β-unsaturated/α-hetero) is 1. The fourth-order valence-corrected chi connectivity index (χ4v) is 2.64. The first-order chi connectivity index (χ1) is 6.03. The highest BCUT2D eigenvalue weighted by atomic mass is 16.1. The van der Waals surface area contributed by atoms with E-state index in [1.165, 1.54) is 12.0 Å². The zero-order chi connectivity index (χ0) is 9.64. The summed E-state index contributed by atoms with van der Waals surface area (Å²) in [5.41, 5.74) is 1.21. The first-order valence-corrected chi connectivity index (χ1v) is 5.22. The molecule has 0 aromatic rings. The molecule has 0 saturated heterocycles. The molecule has 0 aromatic heterocycles. The van der Waals surface area contributed by atoms with Gasteiger partial charge in [-0.2, -0.15) is 0 Å². The lowest BCUT2D eigenvalue weighted by atomic mass is 9.79. The van der Waals surface area contributed by atoms with Crippen LogP contribution in [0.4, 0.5) is 0 Å². The van der Waals surface area contributed by atoms with Gasteiger partial charge < -0.3 is 0 Å². The van der Waals surface area contributed by atoms with E-state index in [1.807, 2.05) is 6.92 Å². The van der Waals surface area contributed by atoms with Crippen LogP contribution in [0.5, 0.6) is 0 Å². The molecule has 0 aliphatic heterocycles. The standard InChI is InChI=1S/C12H18O/c1-8(2)4-5-12(3)7-9-6-10(9)11(12)13/h9-10H,1,4-7H2,2-3H3. The SMILES string of the molecule is C=C(C)CCC1(C)CC2CC2C1=O. The maximum atomic E-state index is 11.9. The van der Waals surface area contributed by atoms with Crippen LogP contribution in [0.2, 0.25) is 0 Å². The average molecular weight is 178 g/mol. The summed E-state index contributed by atoms with van der Waals surface area (Å²) in [6, 6.07) is 0. The molecule has 0 spiro atoms. The number of fused-ring (bicyclic) bond motifs is 1. The molecule has 3 unspecified atom stereocenters. The average Bonchev–Trinajstić information content (AvgIpc) is 2.74. The van der Waals surface area contributed by atoms with Gasteiger partial charge in [0.25, 0.3) is 0 Å². The van der Waals surface area contributed by atoms with E-state index in [9.17, 15) is 4.79 Å². The molecule has 1 nitrogen and oxygen atoms in total. The molecule has 13 heavy (non-hydrogen) atoms. The van der Waals surface area contributed by atoms with Gasteiger partial charge in [0.1, 0.15) is 5.78 Å². The minimum Gasteiger partial charge on any atom is -0.299 e. The molecule has 0 heterocycles. The number of allylic oxidation sites excluding steroid dienone is 1. The fourth-order valence-electron chi connectivity index (χ4n) is 2.64. The smallest absolute Gasteiger partial charge is 0.142 e. The second-order valence-electron chi connectivity index (χ2n) is 5.19. The Hall–Kier alpha value is -0.590. The molecular weight excluding hydrogens is 160 g/mol. The van der Waals surface area contributed by atoms with E-state index in [-0.39, 0.29) is 5.41 Å². The maximum absolute atomic E-state index is 11.9. The van der Waals surface area contributed by atoms with E-state index in [2.05, 4.69) is 13.5 Å². The molecule has 72 valence electrons. The van der Waals surface area contributed by atoms with Gasteiger partial charge in [0.05, 0.1) is 0 Å². The number of ketones is 1. The molecule has 2 aliphatic rings. The molecule has 2 saturated carbocycles. The predicted molar refractivity (Wildman–Crippen MR) is 53.4 cm³/mol. The van der Waals surface area contributed by atoms with Crippen LogP contribution in [0.25, 0.3) is 0 Å². The maximum Gasteiger partial charge on any atom is 0.142 e. The topological polar surface area (TPSA) is 17.1 Å². The van der Waals surface area contributed by atoms with Crippen molar-refractivity contribution in [3.8, 4) is 0 Å². The van der Waals surface area contributed by atoms with E-state index >= 15 is 0 Å². The van der Waals surface area contributed by atoms with Crippen LogP contribution in [0, 0.1) is 17.3 Å². The molecule has 0 amide bonds. The Kier molecular flexibility index (Phi) is 1.86. The van der Waals surface area contributed by atoms with E-state index in [0.717, 1.165) is 25.2 Å². The lowest BCUT2D eigenvalue weighted by molar-refractivity contribution is -0.127. The minimum atomic E-state index is 0.00648. The van der Waals surface area contributed by atoms with Crippen LogP contribution >= 0.6 is 0 Å². The van der Waals surface area contributed by atoms with Gasteiger partial charge in [-0.1, -0.05) is 12.5 Å². The minimum absolute atomic E-state index is 0.00648. The summed E-state index contributed by atoms with van der Waals surface area (Å²) in [6.45, 7) is 8.08. The van der Waals surface area contributed by atoms with Crippen molar-refractivity contribution in [2.45, 2.75) is 39.5 Å². The van der Waals surface area contributed by atoms with Crippen molar-refractivity contribution in [1.29, 1.82) is 0 Å². The Labute approximate surface area is 80.2 Å². The second-order valence-corrected chi connectivity index (χ2v) is 5.19. The molecule has 2 fully saturated rings. The second kappa shape index (κ2) is 2.70. The fraction of sp³-hybridized carbons (Fsp3) is 0.750. The monoisotopic (exact) mass is 178 g/mol. The number of carbonyl (C=O) groups is 1. The third-order valence-corrected chi connectivity index (χ3v) is 3.67. The van der Waals surface area contributed by atoms with Gasteiger partial charge in [-0.15, -0.1) is 6.58 Å². The predicted octanol–water partition coefficient (Wildman–Crippen LogP) is 2.96. The Balaban J connectivity index is 1.97. The summed E-state index contributed by atoms with van der Waals surface area (Å²) < 4.78 is 0. The van der Waals surface area contributed by atoms with Crippen LogP contribution in [-0.2, 0) is 4.79 Å². The van der Waals surface area contributed by atoms with Gasteiger partial charge in [-0.05, 0) is 38.5 Å². The van der Waals surface area contributed by atoms with E-state index < -0.39 is 0 Å². The van der Waals surface area contributed by atoms with Gasteiger partial charge in [0.2, 0.25) is 0 Å². The van der Waals surface area contributed by atoms with E-state index in [4.69, 9.17) is 0 Å². The Morgan fingerprint density at radius 3 is 2.85 bits per heavy atom. The Bertz CT molecular complexity index is 266. The summed E-state index contributed by atoms with van der Waals surface area (Å²) in [5, 5.41) is 0. The molecule has 0 N–H and O–H groups in total. The van der Waals surface area contributed by atoms with Crippen molar-refractivity contribution in [2.75, 3.05) is 0 Å². The van der Waals surface area contributed by atoms with Gasteiger partial charge in [0, 0.05) is 11.3 Å². The van der Waals surface area contributed by atoms with Crippen LogP contribution < -0.4 is 0 Å². The van der Waals surface area contributed by atoms with Crippen molar-refractivity contribution >= 4 is 5.78 Å². The first kappa shape index (κ1) is 8.98. The van der Waals surface area contributed by atoms with E-state index in [0.29, 0.717) is 11.7 Å². The molecule has 1 heteroatoms. The Morgan fingerprint density at radius 2 is 2.38 bits per heavy atom. The summed E-state index contributed by atoms with van der Waals surface area (Å²) in [5.74, 6) is 1.75. The normalized spacial score (nSPS) is 41.8. The van der Waals surface area contributed by atoms with E-state index in [1.54, 1.807) is 0 Å². The molecule has 2 rings (SSSR count). The lowest BCUT2D eigenvalue weighted by Crippen LogP contribution is -2.24. The third kappa shape index (κ3) is 1.45. The van der Waals surface area contributed by atoms with Gasteiger partial charge in [-0.25, -0.2) is 0 Å². The van der Waals surface area contributed by atoms with Crippen LogP contribution in [-0.4, -0.2) is 5.78 Å². The molecule has 0 aromatic carbocycles. The molecular formula is C12H18O.